The van der Waals surface area contributed by atoms with Crippen LogP contribution in [0.25, 0.3) is 21.8 Å². The summed E-state index contributed by atoms with van der Waals surface area (Å²) in [5.41, 5.74) is 6.15. The van der Waals surface area contributed by atoms with Crippen molar-refractivity contribution >= 4 is 27.7 Å². The fourth-order valence-electron chi connectivity index (χ4n) is 4.47. The molecule has 1 fully saturated rings. The summed E-state index contributed by atoms with van der Waals surface area (Å²) in [6.45, 7) is 5.56. The summed E-state index contributed by atoms with van der Waals surface area (Å²) in [5, 5.41) is 2.28. The van der Waals surface area contributed by atoms with Gasteiger partial charge in [-0.1, -0.05) is 30.3 Å². The minimum Gasteiger partial charge on any atom is -0.358 e. The Kier molecular flexibility index (Phi) is 4.35. The van der Waals surface area contributed by atoms with Gasteiger partial charge in [-0.15, -0.1) is 0 Å². The zero-order valence-electron chi connectivity index (χ0n) is 16.9. The van der Waals surface area contributed by atoms with Crippen molar-refractivity contribution in [2.45, 2.75) is 32.6 Å². The van der Waals surface area contributed by atoms with Gasteiger partial charge in [-0.2, -0.15) is 0 Å². The normalized spacial score (nSPS) is 15.3. The van der Waals surface area contributed by atoms with E-state index in [0.717, 1.165) is 48.1 Å². The van der Waals surface area contributed by atoms with E-state index in [1.807, 2.05) is 17.9 Å². The molecule has 1 aliphatic rings. The summed E-state index contributed by atoms with van der Waals surface area (Å²) in [6.07, 6.45) is 1.97. The average molecular weight is 383 g/mol. The largest absolute Gasteiger partial charge is 0.358 e. The Bertz CT molecular complexity index is 1180. The first-order chi connectivity index (χ1) is 14.1. The van der Waals surface area contributed by atoms with Gasteiger partial charge in [-0.25, -0.2) is 0 Å². The van der Waals surface area contributed by atoms with Gasteiger partial charge in [0.2, 0.25) is 0 Å². The fourth-order valence-corrected chi connectivity index (χ4v) is 4.47. The maximum atomic E-state index is 13.2. The van der Waals surface area contributed by atoms with E-state index in [-0.39, 0.29) is 5.91 Å². The minimum atomic E-state index is 0.104. The number of nitrogens with one attached hydrogen (secondary N) is 1. The first-order valence-electron chi connectivity index (χ1n) is 10.3. The van der Waals surface area contributed by atoms with Gasteiger partial charge in [0, 0.05) is 35.6 Å². The Hall–Kier alpha value is -3.14. The van der Waals surface area contributed by atoms with Crippen molar-refractivity contribution in [1.29, 1.82) is 0 Å². The second-order valence-corrected chi connectivity index (χ2v) is 8.20. The van der Waals surface area contributed by atoms with E-state index in [2.05, 4.69) is 65.4 Å². The maximum Gasteiger partial charge on any atom is 0.255 e. The number of H-pyrrole nitrogens is 1. The van der Waals surface area contributed by atoms with Crippen molar-refractivity contribution in [3.63, 3.8) is 0 Å². The lowest BCUT2D eigenvalue weighted by molar-refractivity contribution is 0.0711. The molecule has 1 saturated heterocycles. The lowest BCUT2D eigenvalue weighted by Gasteiger charge is -2.32. The van der Waals surface area contributed by atoms with E-state index in [1.165, 1.54) is 22.2 Å². The molecule has 1 N–H and O–H groups in total. The number of benzene rings is 2. The highest BCUT2D eigenvalue weighted by molar-refractivity contribution is 5.98. The molecule has 1 aliphatic heterocycles. The Labute approximate surface area is 170 Å². The highest BCUT2D eigenvalue weighted by Crippen LogP contribution is 2.31. The van der Waals surface area contributed by atoms with Gasteiger partial charge in [-0.3, -0.25) is 9.78 Å². The van der Waals surface area contributed by atoms with E-state index in [9.17, 15) is 4.79 Å². The number of carbonyl (C=O) groups is 1. The van der Waals surface area contributed by atoms with Crippen LogP contribution in [0.15, 0.2) is 54.6 Å². The van der Waals surface area contributed by atoms with Crippen LogP contribution in [0.1, 0.15) is 46.1 Å². The number of aromatic nitrogens is 2. The molecular formula is C25H25N3O. The standard InChI is InChI=1S/C25H25N3O/c1-16-7-8-20-14-21(17(2)26-23(20)13-16)25(29)28-11-9-18(10-12-28)24-15-19-5-3-4-6-22(19)27-24/h3-8,13-15,18,27H,9-12H2,1-2H3. The first kappa shape index (κ1) is 17.9. The van der Waals surface area contributed by atoms with Gasteiger partial charge in [0.25, 0.3) is 5.91 Å². The SMILES string of the molecule is Cc1ccc2cc(C(=O)N3CCC(c4cc5ccccc5[nH]4)CC3)c(C)nc2c1. The first-order valence-corrected chi connectivity index (χ1v) is 10.3. The summed E-state index contributed by atoms with van der Waals surface area (Å²) in [6, 6.07) is 18.9. The number of hydrogen-bond acceptors (Lipinski definition) is 2. The van der Waals surface area contributed by atoms with Crippen LogP contribution in [0, 0.1) is 13.8 Å². The molecule has 3 heterocycles. The van der Waals surface area contributed by atoms with Crippen LogP contribution in [0.5, 0.6) is 0 Å². The number of nitrogens with zero attached hydrogens (tertiary/aromatic N) is 2. The number of fused-ring (bicyclic) bond motifs is 2. The van der Waals surface area contributed by atoms with Crippen molar-refractivity contribution in [1.82, 2.24) is 14.9 Å². The number of aryl methyl sites for hydroxylation is 2. The number of hydrogen-bond donors (Lipinski definition) is 1. The van der Waals surface area contributed by atoms with Crippen LogP contribution in [-0.2, 0) is 0 Å². The zero-order chi connectivity index (χ0) is 20.0. The number of carbonyl (C=O) groups excluding carboxylic acids is 1. The smallest absolute Gasteiger partial charge is 0.255 e. The molecule has 2 aromatic heterocycles. The molecular weight excluding hydrogens is 358 g/mol. The molecule has 4 aromatic rings. The Morgan fingerprint density at radius 2 is 1.79 bits per heavy atom. The summed E-state index contributed by atoms with van der Waals surface area (Å²) in [7, 11) is 0. The number of amides is 1. The van der Waals surface area contributed by atoms with Gasteiger partial charge < -0.3 is 9.88 Å². The number of pyridine rings is 1. The average Bonchev–Trinajstić information content (AvgIpc) is 3.17. The van der Waals surface area contributed by atoms with Gasteiger partial charge in [0.15, 0.2) is 0 Å². The molecule has 0 unspecified atom stereocenters. The van der Waals surface area contributed by atoms with Gasteiger partial charge in [-0.05, 0) is 61.9 Å². The van der Waals surface area contributed by atoms with Gasteiger partial charge >= 0.3 is 0 Å². The second kappa shape index (κ2) is 7.03. The van der Waals surface area contributed by atoms with E-state index < -0.39 is 0 Å². The Morgan fingerprint density at radius 3 is 2.59 bits per heavy atom. The quantitative estimate of drug-likeness (QED) is 0.507. The number of piperidine rings is 1. The van der Waals surface area contributed by atoms with Crippen LogP contribution in [-0.4, -0.2) is 33.9 Å². The maximum absolute atomic E-state index is 13.2. The van der Waals surface area contributed by atoms with E-state index in [0.29, 0.717) is 5.92 Å². The third kappa shape index (κ3) is 3.29. The van der Waals surface area contributed by atoms with Crippen LogP contribution in [0.2, 0.25) is 0 Å². The second-order valence-electron chi connectivity index (χ2n) is 8.20. The van der Waals surface area contributed by atoms with Crippen molar-refractivity contribution in [2.24, 2.45) is 0 Å². The van der Waals surface area contributed by atoms with Crippen molar-refractivity contribution in [2.75, 3.05) is 13.1 Å². The van der Waals surface area contributed by atoms with E-state index in [1.54, 1.807) is 0 Å². The Balaban J connectivity index is 1.34. The molecule has 1 amide bonds. The third-order valence-electron chi connectivity index (χ3n) is 6.17. The lowest BCUT2D eigenvalue weighted by Crippen LogP contribution is -2.38. The molecule has 0 bridgehead atoms. The summed E-state index contributed by atoms with van der Waals surface area (Å²) in [5.74, 6) is 0.581. The fraction of sp³-hybridized carbons (Fsp3) is 0.280. The monoisotopic (exact) mass is 383 g/mol. The zero-order valence-corrected chi connectivity index (χ0v) is 16.9. The van der Waals surface area contributed by atoms with Crippen LogP contribution >= 0.6 is 0 Å². The van der Waals surface area contributed by atoms with Crippen molar-refractivity contribution in [3.05, 3.63) is 77.1 Å². The molecule has 2 aromatic carbocycles. The number of rotatable bonds is 2. The Morgan fingerprint density at radius 1 is 1.00 bits per heavy atom. The highest BCUT2D eigenvalue weighted by atomic mass is 16.2. The van der Waals surface area contributed by atoms with Crippen LogP contribution in [0.4, 0.5) is 0 Å². The van der Waals surface area contributed by atoms with Gasteiger partial charge in [0.05, 0.1) is 16.8 Å². The molecule has 0 saturated carbocycles. The number of para-hydroxylation sites is 1. The summed E-state index contributed by atoms with van der Waals surface area (Å²) < 4.78 is 0. The molecule has 0 spiro atoms. The van der Waals surface area contributed by atoms with E-state index >= 15 is 0 Å². The van der Waals surface area contributed by atoms with Gasteiger partial charge in [0.1, 0.15) is 0 Å². The molecule has 4 heteroatoms. The summed E-state index contributed by atoms with van der Waals surface area (Å²) >= 11 is 0. The molecule has 0 aliphatic carbocycles. The van der Waals surface area contributed by atoms with Crippen LogP contribution < -0.4 is 0 Å². The minimum absolute atomic E-state index is 0.104. The molecule has 29 heavy (non-hydrogen) atoms. The molecule has 0 atom stereocenters. The molecule has 0 radical (unpaired) electrons. The number of likely N-dealkylation sites (tertiary alicyclic amines) is 1. The topological polar surface area (TPSA) is 49.0 Å². The predicted octanol–water partition coefficient (Wildman–Crippen LogP) is 5.35. The van der Waals surface area contributed by atoms with E-state index in [4.69, 9.17) is 0 Å². The third-order valence-corrected chi connectivity index (χ3v) is 6.17. The summed E-state index contributed by atoms with van der Waals surface area (Å²) in [4.78, 5) is 23.4. The molecule has 4 nitrogen and oxygen atoms in total. The lowest BCUT2D eigenvalue weighted by atomic mass is 9.93. The van der Waals surface area contributed by atoms with Crippen molar-refractivity contribution < 1.29 is 4.79 Å². The number of aromatic amines is 1. The predicted molar refractivity (Wildman–Crippen MR) is 117 cm³/mol. The molecule has 5 rings (SSSR count). The molecule has 146 valence electrons. The van der Waals surface area contributed by atoms with Crippen molar-refractivity contribution in [3.8, 4) is 0 Å². The highest BCUT2D eigenvalue weighted by Gasteiger charge is 2.26. The van der Waals surface area contributed by atoms with Crippen LogP contribution in [0.3, 0.4) is 0 Å².